The maximum absolute atomic E-state index is 5.97. The van der Waals surface area contributed by atoms with E-state index in [2.05, 4.69) is 16.9 Å². The lowest BCUT2D eigenvalue weighted by molar-refractivity contribution is 0.458. The molecule has 3 nitrogen and oxygen atoms in total. The van der Waals surface area contributed by atoms with Gasteiger partial charge in [-0.3, -0.25) is 0 Å². The van der Waals surface area contributed by atoms with Gasteiger partial charge in [0.25, 0.3) is 0 Å². The van der Waals surface area contributed by atoms with E-state index >= 15 is 0 Å². The zero-order valence-electron chi connectivity index (χ0n) is 10.8. The third kappa shape index (κ3) is 3.82. The SMILES string of the molecule is CCCc1nc(Cl)cc(Oc2ccc(Cl)c(C)c2)n1. The zero-order valence-corrected chi connectivity index (χ0v) is 12.3. The first-order chi connectivity index (χ1) is 9.08. The van der Waals surface area contributed by atoms with Crippen LogP contribution in [0, 0.1) is 6.92 Å². The molecule has 1 aromatic carbocycles. The van der Waals surface area contributed by atoms with Crippen LogP contribution in [-0.2, 0) is 6.42 Å². The number of ether oxygens (including phenoxy) is 1. The summed E-state index contributed by atoms with van der Waals surface area (Å²) in [6, 6.07) is 7.05. The molecule has 5 heteroatoms. The molecule has 0 atom stereocenters. The van der Waals surface area contributed by atoms with Crippen LogP contribution < -0.4 is 4.74 Å². The molecular formula is C14H14Cl2N2O. The van der Waals surface area contributed by atoms with E-state index in [-0.39, 0.29) is 0 Å². The summed E-state index contributed by atoms with van der Waals surface area (Å²) in [5.74, 6) is 1.82. The minimum atomic E-state index is 0.388. The molecule has 0 amide bonds. The van der Waals surface area contributed by atoms with Gasteiger partial charge in [0.1, 0.15) is 16.7 Å². The third-order valence-electron chi connectivity index (χ3n) is 2.54. The van der Waals surface area contributed by atoms with Crippen LogP contribution in [0.1, 0.15) is 24.7 Å². The Bertz CT molecular complexity index is 588. The zero-order chi connectivity index (χ0) is 13.8. The fourth-order valence-electron chi connectivity index (χ4n) is 1.63. The molecule has 19 heavy (non-hydrogen) atoms. The Morgan fingerprint density at radius 2 is 1.95 bits per heavy atom. The summed E-state index contributed by atoms with van der Waals surface area (Å²) in [5.41, 5.74) is 0.952. The van der Waals surface area contributed by atoms with Gasteiger partial charge in [-0.2, -0.15) is 4.98 Å². The van der Waals surface area contributed by atoms with Crippen LogP contribution in [0.5, 0.6) is 11.6 Å². The molecule has 0 aliphatic carbocycles. The normalized spacial score (nSPS) is 10.5. The van der Waals surface area contributed by atoms with Gasteiger partial charge < -0.3 is 4.74 Å². The number of halogens is 2. The molecule has 0 spiro atoms. The number of aromatic nitrogens is 2. The second kappa shape index (κ2) is 6.22. The quantitative estimate of drug-likeness (QED) is 0.758. The van der Waals surface area contributed by atoms with E-state index in [1.807, 2.05) is 13.0 Å². The number of hydrogen-bond acceptors (Lipinski definition) is 3. The number of rotatable bonds is 4. The van der Waals surface area contributed by atoms with E-state index in [0.717, 1.165) is 18.4 Å². The van der Waals surface area contributed by atoms with E-state index < -0.39 is 0 Å². The predicted octanol–water partition coefficient (Wildman–Crippen LogP) is 4.84. The first-order valence-electron chi connectivity index (χ1n) is 6.06. The lowest BCUT2D eigenvalue weighted by atomic mass is 10.2. The molecule has 0 unspecified atom stereocenters. The fraction of sp³-hybridized carbons (Fsp3) is 0.286. The van der Waals surface area contributed by atoms with Crippen molar-refractivity contribution in [1.82, 2.24) is 9.97 Å². The van der Waals surface area contributed by atoms with Crippen LogP contribution >= 0.6 is 23.2 Å². The molecule has 0 aliphatic heterocycles. The van der Waals surface area contributed by atoms with Crippen LogP contribution in [0.15, 0.2) is 24.3 Å². The Hall–Kier alpha value is -1.32. The summed E-state index contributed by atoms with van der Waals surface area (Å²) in [7, 11) is 0. The molecule has 0 fully saturated rings. The van der Waals surface area contributed by atoms with Gasteiger partial charge in [-0.25, -0.2) is 4.98 Å². The molecule has 0 N–H and O–H groups in total. The molecule has 1 aromatic heterocycles. The Morgan fingerprint density at radius 3 is 2.63 bits per heavy atom. The van der Waals surface area contributed by atoms with Crippen molar-refractivity contribution >= 4 is 23.2 Å². The largest absolute Gasteiger partial charge is 0.439 e. The molecule has 0 radical (unpaired) electrons. The Kier molecular flexibility index (Phi) is 4.61. The minimum Gasteiger partial charge on any atom is -0.439 e. The van der Waals surface area contributed by atoms with E-state index in [1.165, 1.54) is 0 Å². The number of nitrogens with zero attached hydrogens (tertiary/aromatic N) is 2. The summed E-state index contributed by atoms with van der Waals surface area (Å²) >= 11 is 11.9. The Balaban J connectivity index is 2.24. The smallest absolute Gasteiger partial charge is 0.224 e. The number of benzene rings is 1. The highest BCUT2D eigenvalue weighted by Gasteiger charge is 2.06. The monoisotopic (exact) mass is 296 g/mol. The highest BCUT2D eigenvalue weighted by Crippen LogP contribution is 2.26. The van der Waals surface area contributed by atoms with Gasteiger partial charge in [0, 0.05) is 17.5 Å². The molecule has 0 saturated heterocycles. The van der Waals surface area contributed by atoms with Gasteiger partial charge in [-0.1, -0.05) is 30.1 Å². The standard InChI is InChI=1S/C14H14Cl2N2O/c1-3-4-13-17-12(16)8-14(18-13)19-10-5-6-11(15)9(2)7-10/h5-8H,3-4H2,1-2H3. The molecule has 0 bridgehead atoms. The van der Waals surface area contributed by atoms with Gasteiger partial charge in [0.2, 0.25) is 5.88 Å². The van der Waals surface area contributed by atoms with E-state index in [9.17, 15) is 0 Å². The number of hydrogen-bond donors (Lipinski definition) is 0. The van der Waals surface area contributed by atoms with Crippen molar-refractivity contribution in [2.75, 3.05) is 0 Å². The van der Waals surface area contributed by atoms with Crippen LogP contribution in [-0.4, -0.2) is 9.97 Å². The van der Waals surface area contributed by atoms with Gasteiger partial charge in [-0.05, 0) is 37.1 Å². The molecular weight excluding hydrogens is 283 g/mol. The van der Waals surface area contributed by atoms with Crippen LogP contribution in [0.3, 0.4) is 0 Å². The lowest BCUT2D eigenvalue weighted by Gasteiger charge is -2.08. The first-order valence-corrected chi connectivity index (χ1v) is 6.81. The molecule has 0 saturated carbocycles. The second-order valence-electron chi connectivity index (χ2n) is 4.21. The Morgan fingerprint density at radius 1 is 1.16 bits per heavy atom. The molecule has 100 valence electrons. The van der Waals surface area contributed by atoms with Crippen molar-refractivity contribution in [2.45, 2.75) is 26.7 Å². The second-order valence-corrected chi connectivity index (χ2v) is 5.00. The van der Waals surface area contributed by atoms with Gasteiger partial charge in [0.15, 0.2) is 0 Å². The molecule has 2 rings (SSSR count). The van der Waals surface area contributed by atoms with Crippen molar-refractivity contribution in [2.24, 2.45) is 0 Å². The lowest BCUT2D eigenvalue weighted by Crippen LogP contribution is -1.97. The summed E-state index contributed by atoms with van der Waals surface area (Å²) in [6.45, 7) is 3.98. The van der Waals surface area contributed by atoms with Gasteiger partial charge >= 0.3 is 0 Å². The van der Waals surface area contributed by atoms with Crippen molar-refractivity contribution in [3.8, 4) is 11.6 Å². The summed E-state index contributed by atoms with van der Waals surface area (Å²) in [5, 5.41) is 1.10. The maximum atomic E-state index is 5.97. The maximum Gasteiger partial charge on any atom is 0.224 e. The van der Waals surface area contributed by atoms with Crippen molar-refractivity contribution in [3.63, 3.8) is 0 Å². The Labute approximate surface area is 122 Å². The molecule has 1 heterocycles. The highest BCUT2D eigenvalue weighted by atomic mass is 35.5. The highest BCUT2D eigenvalue weighted by molar-refractivity contribution is 6.31. The van der Waals surface area contributed by atoms with Gasteiger partial charge in [-0.15, -0.1) is 0 Å². The van der Waals surface area contributed by atoms with E-state index in [0.29, 0.717) is 27.6 Å². The van der Waals surface area contributed by atoms with Crippen molar-refractivity contribution in [1.29, 1.82) is 0 Å². The van der Waals surface area contributed by atoms with Crippen LogP contribution in [0.4, 0.5) is 0 Å². The topological polar surface area (TPSA) is 35.0 Å². The summed E-state index contributed by atoms with van der Waals surface area (Å²) in [6.07, 6.45) is 1.73. The predicted molar refractivity (Wildman–Crippen MR) is 77.3 cm³/mol. The van der Waals surface area contributed by atoms with Crippen LogP contribution in [0.25, 0.3) is 0 Å². The van der Waals surface area contributed by atoms with Crippen molar-refractivity contribution < 1.29 is 4.74 Å². The number of aryl methyl sites for hydroxylation is 2. The first kappa shape index (κ1) is 14.1. The summed E-state index contributed by atoms with van der Waals surface area (Å²) in [4.78, 5) is 8.47. The molecule has 2 aromatic rings. The van der Waals surface area contributed by atoms with E-state index in [4.69, 9.17) is 27.9 Å². The van der Waals surface area contributed by atoms with E-state index in [1.54, 1.807) is 18.2 Å². The average Bonchev–Trinajstić information content (AvgIpc) is 2.33. The van der Waals surface area contributed by atoms with Crippen LogP contribution in [0.2, 0.25) is 10.2 Å². The minimum absolute atomic E-state index is 0.388. The third-order valence-corrected chi connectivity index (χ3v) is 3.16. The fourth-order valence-corrected chi connectivity index (χ4v) is 1.94. The van der Waals surface area contributed by atoms with Crippen molar-refractivity contribution in [3.05, 3.63) is 45.8 Å². The summed E-state index contributed by atoms with van der Waals surface area (Å²) < 4.78 is 5.69. The average molecular weight is 297 g/mol. The van der Waals surface area contributed by atoms with Gasteiger partial charge in [0.05, 0.1) is 0 Å². The molecule has 0 aliphatic rings.